The molecule has 1 heterocycles. The first kappa shape index (κ1) is 19.5. The summed E-state index contributed by atoms with van der Waals surface area (Å²) in [5, 5.41) is 0.777. The highest BCUT2D eigenvalue weighted by Crippen LogP contribution is 2.33. The van der Waals surface area contributed by atoms with Gasteiger partial charge in [0.2, 0.25) is 0 Å². The van der Waals surface area contributed by atoms with E-state index in [1.54, 1.807) is 33.9 Å². The Morgan fingerprint density at radius 1 is 1.11 bits per heavy atom. The highest BCUT2D eigenvalue weighted by atomic mass is 16.6. The van der Waals surface area contributed by atoms with Crippen LogP contribution in [0, 0.1) is 6.92 Å². The molecule has 0 saturated carbocycles. The third-order valence-electron chi connectivity index (χ3n) is 4.22. The molecule has 1 aromatic heterocycles. The predicted molar refractivity (Wildman–Crippen MR) is 106 cm³/mol. The fourth-order valence-corrected chi connectivity index (χ4v) is 2.94. The summed E-state index contributed by atoms with van der Waals surface area (Å²) in [7, 11) is 1.60. The van der Waals surface area contributed by atoms with Crippen molar-refractivity contribution in [3.8, 4) is 22.6 Å². The Morgan fingerprint density at radius 3 is 2.46 bits per heavy atom. The Bertz CT molecular complexity index is 1050. The fraction of sp³-hybridized carbons (Fsp3) is 0.273. The summed E-state index contributed by atoms with van der Waals surface area (Å²) < 4.78 is 21.3. The molecule has 0 N–H and O–H groups in total. The van der Waals surface area contributed by atoms with E-state index in [4.69, 9.17) is 18.6 Å². The number of aryl methyl sites for hydroxylation is 1. The van der Waals surface area contributed by atoms with Gasteiger partial charge in [-0.15, -0.1) is 0 Å². The van der Waals surface area contributed by atoms with Crippen molar-refractivity contribution in [3.05, 3.63) is 58.4 Å². The van der Waals surface area contributed by atoms with Gasteiger partial charge in [-0.25, -0.2) is 9.59 Å². The van der Waals surface area contributed by atoms with Crippen molar-refractivity contribution >= 4 is 16.9 Å². The van der Waals surface area contributed by atoms with Crippen LogP contribution in [0.3, 0.4) is 0 Å². The lowest BCUT2D eigenvalue weighted by molar-refractivity contribution is -0.149. The highest BCUT2D eigenvalue weighted by Gasteiger charge is 2.15. The van der Waals surface area contributed by atoms with Crippen molar-refractivity contribution in [2.24, 2.45) is 0 Å². The third kappa shape index (κ3) is 4.17. The molecule has 0 spiro atoms. The highest BCUT2D eigenvalue weighted by molar-refractivity contribution is 5.95. The molecule has 0 atom stereocenters. The van der Waals surface area contributed by atoms with Crippen LogP contribution in [0.15, 0.2) is 51.7 Å². The average molecular weight is 382 g/mol. The zero-order chi connectivity index (χ0) is 20.3. The maximum absolute atomic E-state index is 12.1. The van der Waals surface area contributed by atoms with Crippen LogP contribution in [0.25, 0.3) is 22.1 Å². The van der Waals surface area contributed by atoms with Crippen molar-refractivity contribution in [3.63, 3.8) is 0 Å². The summed E-state index contributed by atoms with van der Waals surface area (Å²) in [5.74, 6) is 0.738. The molecule has 3 aromatic rings. The fourth-order valence-electron chi connectivity index (χ4n) is 2.94. The van der Waals surface area contributed by atoms with E-state index in [1.807, 2.05) is 30.3 Å². The molecule has 146 valence electrons. The number of ether oxygens (including phenoxy) is 3. The van der Waals surface area contributed by atoms with Gasteiger partial charge in [0.05, 0.1) is 13.2 Å². The molecule has 0 unspecified atom stereocenters. The smallest absolute Gasteiger partial charge is 0.344 e. The molecule has 2 aromatic carbocycles. The number of benzene rings is 2. The van der Waals surface area contributed by atoms with E-state index in [0.717, 1.165) is 22.3 Å². The molecule has 0 aliphatic carbocycles. The lowest BCUT2D eigenvalue weighted by Crippen LogP contribution is -2.19. The van der Waals surface area contributed by atoms with Gasteiger partial charge in [0.25, 0.3) is 0 Å². The van der Waals surface area contributed by atoms with Gasteiger partial charge in [-0.1, -0.05) is 12.1 Å². The second-order valence-electron chi connectivity index (χ2n) is 6.60. The van der Waals surface area contributed by atoms with Crippen molar-refractivity contribution in [2.45, 2.75) is 26.9 Å². The summed E-state index contributed by atoms with van der Waals surface area (Å²) in [6.07, 6.45) is -0.209. The molecule has 0 bridgehead atoms. The molecule has 6 heteroatoms. The number of fused-ring (bicyclic) bond motifs is 1. The second-order valence-corrected chi connectivity index (χ2v) is 6.60. The van der Waals surface area contributed by atoms with Gasteiger partial charge in [0, 0.05) is 17.0 Å². The van der Waals surface area contributed by atoms with E-state index in [1.165, 1.54) is 6.07 Å². The van der Waals surface area contributed by atoms with Crippen molar-refractivity contribution in [1.29, 1.82) is 0 Å². The van der Waals surface area contributed by atoms with Crippen LogP contribution in [-0.2, 0) is 9.53 Å². The lowest BCUT2D eigenvalue weighted by Gasteiger charge is -2.13. The van der Waals surface area contributed by atoms with Gasteiger partial charge in [-0.3, -0.25) is 0 Å². The Balaban J connectivity index is 1.99. The van der Waals surface area contributed by atoms with E-state index in [-0.39, 0.29) is 12.7 Å². The zero-order valence-corrected chi connectivity index (χ0v) is 16.3. The van der Waals surface area contributed by atoms with Crippen LogP contribution in [0.2, 0.25) is 0 Å². The Kier molecular flexibility index (Phi) is 5.68. The van der Waals surface area contributed by atoms with E-state index in [0.29, 0.717) is 16.9 Å². The first-order chi connectivity index (χ1) is 13.4. The van der Waals surface area contributed by atoms with Crippen LogP contribution in [0.1, 0.15) is 19.4 Å². The topological polar surface area (TPSA) is 75.0 Å². The molecule has 0 fully saturated rings. The summed E-state index contributed by atoms with van der Waals surface area (Å²) in [6.45, 7) is 5.11. The number of hydrogen-bond acceptors (Lipinski definition) is 6. The standard InChI is InChI=1S/C22H22O6/c1-13(2)27-21(24)12-26-19-10-9-17-18(11-20(23)28-22(17)14(19)3)15-5-7-16(25-4)8-6-15/h5-11,13H,12H2,1-4H3. The molecule has 0 aliphatic rings. The Labute approximate surface area is 162 Å². The van der Waals surface area contributed by atoms with Crippen LogP contribution < -0.4 is 15.1 Å². The van der Waals surface area contributed by atoms with Crippen molar-refractivity contribution in [2.75, 3.05) is 13.7 Å². The van der Waals surface area contributed by atoms with Crippen LogP contribution >= 0.6 is 0 Å². The predicted octanol–water partition coefficient (Wildman–Crippen LogP) is 4.11. The molecule has 0 saturated heterocycles. The van der Waals surface area contributed by atoms with E-state index in [9.17, 15) is 9.59 Å². The minimum atomic E-state index is -0.460. The molecule has 0 amide bonds. The maximum Gasteiger partial charge on any atom is 0.344 e. The summed E-state index contributed by atoms with van der Waals surface area (Å²) in [4.78, 5) is 23.9. The lowest BCUT2D eigenvalue weighted by atomic mass is 10.00. The quantitative estimate of drug-likeness (QED) is 0.472. The molecular formula is C22H22O6. The average Bonchev–Trinajstić information content (AvgIpc) is 2.67. The van der Waals surface area contributed by atoms with Gasteiger partial charge in [0.1, 0.15) is 17.1 Å². The van der Waals surface area contributed by atoms with Gasteiger partial charge in [0.15, 0.2) is 6.61 Å². The molecular weight excluding hydrogens is 360 g/mol. The summed E-state index contributed by atoms with van der Waals surface area (Å²) in [5.41, 5.74) is 2.23. The van der Waals surface area contributed by atoms with Crippen LogP contribution in [0.4, 0.5) is 0 Å². The molecule has 0 aliphatic heterocycles. The molecule has 3 rings (SSSR count). The van der Waals surface area contributed by atoms with Crippen molar-refractivity contribution in [1.82, 2.24) is 0 Å². The molecule has 6 nitrogen and oxygen atoms in total. The monoisotopic (exact) mass is 382 g/mol. The zero-order valence-electron chi connectivity index (χ0n) is 16.3. The largest absolute Gasteiger partial charge is 0.497 e. The van der Waals surface area contributed by atoms with Crippen molar-refractivity contribution < 1.29 is 23.4 Å². The Hall–Kier alpha value is -3.28. The van der Waals surface area contributed by atoms with E-state index < -0.39 is 11.6 Å². The third-order valence-corrected chi connectivity index (χ3v) is 4.22. The summed E-state index contributed by atoms with van der Waals surface area (Å²) in [6, 6.07) is 12.5. The first-order valence-corrected chi connectivity index (χ1v) is 8.93. The number of rotatable bonds is 6. The SMILES string of the molecule is COc1ccc(-c2cc(=O)oc3c(C)c(OCC(=O)OC(C)C)ccc23)cc1. The molecule has 28 heavy (non-hydrogen) atoms. The normalized spacial score (nSPS) is 10.9. The van der Waals surface area contributed by atoms with E-state index >= 15 is 0 Å². The Morgan fingerprint density at radius 2 is 1.82 bits per heavy atom. The number of esters is 1. The minimum Gasteiger partial charge on any atom is -0.497 e. The number of carbonyl (C=O) groups excluding carboxylic acids is 1. The maximum atomic E-state index is 12.1. The van der Waals surface area contributed by atoms with Crippen LogP contribution in [0.5, 0.6) is 11.5 Å². The first-order valence-electron chi connectivity index (χ1n) is 8.93. The van der Waals surface area contributed by atoms with Gasteiger partial charge < -0.3 is 18.6 Å². The minimum absolute atomic E-state index is 0.209. The molecule has 0 radical (unpaired) electrons. The number of methoxy groups -OCH3 is 1. The van der Waals surface area contributed by atoms with Gasteiger partial charge in [-0.05, 0) is 56.2 Å². The van der Waals surface area contributed by atoms with Gasteiger partial charge in [-0.2, -0.15) is 0 Å². The van der Waals surface area contributed by atoms with Crippen LogP contribution in [-0.4, -0.2) is 25.8 Å². The summed E-state index contributed by atoms with van der Waals surface area (Å²) >= 11 is 0. The number of hydrogen-bond donors (Lipinski definition) is 0. The van der Waals surface area contributed by atoms with E-state index in [2.05, 4.69) is 0 Å². The number of carbonyl (C=O) groups is 1. The van der Waals surface area contributed by atoms with Gasteiger partial charge >= 0.3 is 11.6 Å². The second kappa shape index (κ2) is 8.17.